The summed E-state index contributed by atoms with van der Waals surface area (Å²) in [6, 6.07) is 0. The molecule has 1 radical (unpaired) electrons. The fraction of sp³-hybridized carbons (Fsp3) is 1.00. The van der Waals surface area contributed by atoms with Gasteiger partial charge in [0.15, 0.2) is 0 Å². The average molecular weight is 183 g/mol. The van der Waals surface area contributed by atoms with Gasteiger partial charge in [0.1, 0.15) is 0 Å². The molecule has 1 nitrogen and oxygen atoms in total. The van der Waals surface area contributed by atoms with E-state index in [4.69, 9.17) is 0 Å². The molecule has 0 spiro atoms. The third kappa shape index (κ3) is 1.74. The Morgan fingerprint density at radius 1 is 0.750 bits per heavy atom. The van der Waals surface area contributed by atoms with Gasteiger partial charge in [-0.2, -0.15) is 0 Å². The van der Waals surface area contributed by atoms with Crippen molar-refractivity contribution in [3.63, 3.8) is 0 Å². The van der Waals surface area contributed by atoms with Gasteiger partial charge < -0.3 is 4.80 Å². The van der Waals surface area contributed by atoms with E-state index >= 15 is 0 Å². The van der Waals surface area contributed by atoms with E-state index in [1.165, 1.54) is 51.4 Å². The molecule has 0 aromatic heterocycles. The summed E-state index contributed by atoms with van der Waals surface area (Å²) in [5.74, 6) is 0. The first-order chi connectivity index (χ1) is 5.88. The van der Waals surface area contributed by atoms with Crippen LogP contribution in [0.3, 0.4) is 0 Å². The van der Waals surface area contributed by atoms with E-state index in [0.29, 0.717) is 11.1 Å². The number of rotatable bonds is 2. The van der Waals surface area contributed by atoms with Gasteiger partial charge in [-0.15, -0.1) is 0 Å². The molecule has 12 heavy (non-hydrogen) atoms. The minimum atomic E-state index is -1.56. The molecule has 0 saturated heterocycles. The van der Waals surface area contributed by atoms with Gasteiger partial charge in [0.25, 0.3) is 0 Å². The van der Waals surface area contributed by atoms with Crippen molar-refractivity contribution in [1.82, 2.24) is 0 Å². The van der Waals surface area contributed by atoms with Crippen LogP contribution in [0.2, 0.25) is 11.1 Å². The fourth-order valence-corrected chi connectivity index (χ4v) is 5.98. The highest BCUT2D eigenvalue weighted by atomic mass is 28.3. The largest absolute Gasteiger partial charge is 0.301 e. The van der Waals surface area contributed by atoms with Gasteiger partial charge in [-0.3, -0.25) is 0 Å². The lowest BCUT2D eigenvalue weighted by atomic mass is 10.3. The zero-order valence-corrected chi connectivity index (χ0v) is 8.95. The second kappa shape index (κ2) is 3.92. The number of hydrogen-bond donors (Lipinski definition) is 0. The standard InChI is InChI=1S/C10H19OSi/c11-12(9-5-1-2-6-9)10-7-3-4-8-10/h9-10,12H,1-8H2. The first-order valence-corrected chi connectivity index (χ1v) is 7.34. The molecule has 2 rings (SSSR count). The maximum atomic E-state index is 12.1. The molecular weight excluding hydrogens is 164 g/mol. The molecule has 0 heterocycles. The van der Waals surface area contributed by atoms with E-state index in [-0.39, 0.29) is 0 Å². The van der Waals surface area contributed by atoms with E-state index in [2.05, 4.69) is 0 Å². The fourth-order valence-electron chi connectivity index (χ4n) is 2.96. The van der Waals surface area contributed by atoms with Crippen LogP contribution in [-0.4, -0.2) is 9.04 Å². The van der Waals surface area contributed by atoms with Gasteiger partial charge in [0.05, 0.1) is 0 Å². The Balaban J connectivity index is 1.84. The zero-order valence-electron chi connectivity index (χ0n) is 7.80. The first kappa shape index (κ1) is 8.76. The summed E-state index contributed by atoms with van der Waals surface area (Å²) >= 11 is 0. The van der Waals surface area contributed by atoms with E-state index in [9.17, 15) is 4.80 Å². The first-order valence-electron chi connectivity index (χ1n) is 5.54. The summed E-state index contributed by atoms with van der Waals surface area (Å²) in [6.45, 7) is 0. The molecule has 2 saturated carbocycles. The molecule has 69 valence electrons. The van der Waals surface area contributed by atoms with Gasteiger partial charge in [-0.1, -0.05) is 51.4 Å². The smallest absolute Gasteiger partial charge is 0.228 e. The van der Waals surface area contributed by atoms with Crippen LogP contribution in [0, 0.1) is 0 Å². The van der Waals surface area contributed by atoms with Crippen molar-refractivity contribution in [3.8, 4) is 0 Å². The van der Waals surface area contributed by atoms with Crippen molar-refractivity contribution in [1.29, 1.82) is 0 Å². The van der Waals surface area contributed by atoms with Crippen molar-refractivity contribution >= 4 is 9.04 Å². The molecule has 0 aromatic rings. The molecule has 0 amide bonds. The SMILES string of the molecule is [O][SiH](C1CCCC1)C1CCCC1. The molecule has 0 N–H and O–H groups in total. The van der Waals surface area contributed by atoms with Gasteiger partial charge in [0.2, 0.25) is 9.04 Å². The second-order valence-corrected chi connectivity index (χ2v) is 7.37. The zero-order chi connectivity index (χ0) is 8.39. The van der Waals surface area contributed by atoms with Crippen molar-refractivity contribution in [2.75, 3.05) is 0 Å². The van der Waals surface area contributed by atoms with Crippen LogP contribution in [0.1, 0.15) is 51.4 Å². The Labute approximate surface area is 76.9 Å². The maximum Gasteiger partial charge on any atom is 0.228 e. The van der Waals surface area contributed by atoms with E-state index < -0.39 is 9.04 Å². The molecule has 0 aromatic carbocycles. The van der Waals surface area contributed by atoms with Gasteiger partial charge in [-0.05, 0) is 11.1 Å². The number of hydrogen-bond acceptors (Lipinski definition) is 0. The van der Waals surface area contributed by atoms with Crippen LogP contribution < -0.4 is 0 Å². The summed E-state index contributed by atoms with van der Waals surface area (Å²) in [5.41, 5.74) is 1.38. The molecule has 0 aliphatic heterocycles. The van der Waals surface area contributed by atoms with Crippen molar-refractivity contribution < 1.29 is 4.80 Å². The normalized spacial score (nSPS) is 27.5. The second-order valence-electron chi connectivity index (χ2n) is 4.55. The molecule has 2 aliphatic carbocycles. The Morgan fingerprint density at radius 2 is 1.08 bits per heavy atom. The minimum Gasteiger partial charge on any atom is -0.301 e. The van der Waals surface area contributed by atoms with E-state index in [1.807, 2.05) is 0 Å². The predicted octanol–water partition coefficient (Wildman–Crippen LogP) is 3.03. The Bertz CT molecular complexity index is 121. The lowest BCUT2D eigenvalue weighted by Gasteiger charge is -2.18. The van der Waals surface area contributed by atoms with E-state index in [1.54, 1.807) is 0 Å². The Hall–Kier alpha value is 0.177. The summed E-state index contributed by atoms with van der Waals surface area (Å²) in [6.07, 6.45) is 10.6. The molecule has 0 atom stereocenters. The van der Waals surface area contributed by atoms with E-state index in [0.717, 1.165) is 0 Å². The highest BCUT2D eigenvalue weighted by Gasteiger charge is 2.34. The quantitative estimate of drug-likeness (QED) is 0.586. The maximum absolute atomic E-state index is 12.1. The third-order valence-corrected chi connectivity index (χ3v) is 6.92. The van der Waals surface area contributed by atoms with Crippen molar-refractivity contribution in [2.45, 2.75) is 62.4 Å². The molecule has 2 fully saturated rings. The molecule has 2 aliphatic rings. The van der Waals surface area contributed by atoms with Crippen molar-refractivity contribution in [2.24, 2.45) is 0 Å². The van der Waals surface area contributed by atoms with Gasteiger partial charge in [0, 0.05) is 0 Å². The summed E-state index contributed by atoms with van der Waals surface area (Å²) < 4.78 is 0. The molecular formula is C10H19OSi. The highest BCUT2D eigenvalue weighted by Crippen LogP contribution is 2.42. The molecule has 2 heteroatoms. The van der Waals surface area contributed by atoms with Gasteiger partial charge in [-0.25, -0.2) is 0 Å². The lowest BCUT2D eigenvalue weighted by molar-refractivity contribution is 0.410. The average Bonchev–Trinajstić information content (AvgIpc) is 2.77. The Morgan fingerprint density at radius 3 is 1.42 bits per heavy atom. The monoisotopic (exact) mass is 183 g/mol. The van der Waals surface area contributed by atoms with Crippen LogP contribution in [0.5, 0.6) is 0 Å². The minimum absolute atomic E-state index is 0.688. The van der Waals surface area contributed by atoms with Crippen LogP contribution in [0.25, 0.3) is 0 Å². The summed E-state index contributed by atoms with van der Waals surface area (Å²) in [7, 11) is -1.56. The molecule has 0 unspecified atom stereocenters. The lowest BCUT2D eigenvalue weighted by Crippen LogP contribution is -2.22. The summed E-state index contributed by atoms with van der Waals surface area (Å²) in [4.78, 5) is 12.1. The van der Waals surface area contributed by atoms with Crippen LogP contribution in [-0.2, 0) is 4.80 Å². The highest BCUT2D eigenvalue weighted by molar-refractivity contribution is 6.53. The van der Waals surface area contributed by atoms with Crippen LogP contribution in [0.15, 0.2) is 0 Å². The summed E-state index contributed by atoms with van der Waals surface area (Å²) in [5, 5.41) is 0. The Kier molecular flexibility index (Phi) is 2.86. The van der Waals surface area contributed by atoms with Crippen molar-refractivity contribution in [3.05, 3.63) is 0 Å². The van der Waals surface area contributed by atoms with Gasteiger partial charge >= 0.3 is 0 Å². The topological polar surface area (TPSA) is 19.9 Å². The third-order valence-electron chi connectivity index (χ3n) is 3.73. The molecule has 0 bridgehead atoms. The van der Waals surface area contributed by atoms with Crippen LogP contribution >= 0.6 is 0 Å². The van der Waals surface area contributed by atoms with Crippen LogP contribution in [0.4, 0.5) is 0 Å². The predicted molar refractivity (Wildman–Crippen MR) is 52.3 cm³/mol.